The lowest BCUT2D eigenvalue weighted by Gasteiger charge is -2.34. The summed E-state index contributed by atoms with van der Waals surface area (Å²) in [4.78, 5) is 18.0. The van der Waals surface area contributed by atoms with Crippen LogP contribution in [0.15, 0.2) is 12.3 Å². The smallest absolute Gasteiger partial charge is 0.273 e. The van der Waals surface area contributed by atoms with E-state index in [1.54, 1.807) is 0 Å². The van der Waals surface area contributed by atoms with Crippen molar-refractivity contribution in [3.63, 3.8) is 0 Å². The number of nitrogens with zero attached hydrogens (tertiary/aromatic N) is 2. The van der Waals surface area contributed by atoms with Gasteiger partial charge in [0, 0.05) is 6.07 Å². The van der Waals surface area contributed by atoms with E-state index in [1.165, 1.54) is 6.42 Å². The highest BCUT2D eigenvalue weighted by atomic mass is 19.1. The Morgan fingerprint density at radius 2 is 2.05 bits per heavy atom. The number of pyridine rings is 1. The Hall–Kier alpha value is -1.60. The fourth-order valence-electron chi connectivity index (χ4n) is 3.11. The van der Waals surface area contributed by atoms with Crippen LogP contribution in [0.25, 0.3) is 0 Å². The monoisotopic (exact) mass is 311 g/mol. The molecule has 2 atom stereocenters. The molecule has 3 heterocycles. The van der Waals surface area contributed by atoms with Gasteiger partial charge in [-0.3, -0.25) is 9.69 Å². The van der Waals surface area contributed by atoms with E-state index in [9.17, 15) is 13.6 Å². The molecule has 0 unspecified atom stereocenters. The van der Waals surface area contributed by atoms with Gasteiger partial charge in [-0.15, -0.1) is 0 Å². The van der Waals surface area contributed by atoms with Gasteiger partial charge in [0.05, 0.1) is 31.5 Å². The number of rotatable bonds is 3. The number of halogens is 2. The summed E-state index contributed by atoms with van der Waals surface area (Å²) >= 11 is 0. The van der Waals surface area contributed by atoms with Gasteiger partial charge < -0.3 is 10.1 Å². The number of piperidine rings is 1. The first-order valence-electron chi connectivity index (χ1n) is 7.59. The zero-order chi connectivity index (χ0) is 15.5. The van der Waals surface area contributed by atoms with Crippen molar-refractivity contribution >= 4 is 5.91 Å². The summed E-state index contributed by atoms with van der Waals surface area (Å²) in [6.07, 6.45) is 4.35. The fourth-order valence-corrected chi connectivity index (χ4v) is 3.11. The normalized spacial score (nSPS) is 26.1. The minimum absolute atomic E-state index is 0.104. The van der Waals surface area contributed by atoms with Crippen LogP contribution < -0.4 is 5.32 Å². The molecule has 2 aliphatic heterocycles. The summed E-state index contributed by atoms with van der Waals surface area (Å²) in [5.41, 5.74) is -0.384. The first-order chi connectivity index (χ1) is 10.6. The van der Waals surface area contributed by atoms with E-state index in [1.807, 2.05) is 0 Å². The molecule has 1 aromatic heterocycles. The van der Waals surface area contributed by atoms with Gasteiger partial charge in [0.15, 0.2) is 11.5 Å². The Morgan fingerprint density at radius 3 is 2.77 bits per heavy atom. The Kier molecular flexibility index (Phi) is 4.63. The number of likely N-dealkylation sites (tertiary alicyclic amines) is 1. The largest absolute Gasteiger partial charge is 0.378 e. The van der Waals surface area contributed by atoms with Crippen LogP contribution in [0, 0.1) is 11.6 Å². The number of hydrogen-bond acceptors (Lipinski definition) is 4. The summed E-state index contributed by atoms with van der Waals surface area (Å²) in [5.74, 6) is -2.38. The third-order valence-corrected chi connectivity index (χ3v) is 4.25. The average molecular weight is 311 g/mol. The Morgan fingerprint density at radius 1 is 1.27 bits per heavy atom. The number of carbonyl (C=O) groups is 1. The van der Waals surface area contributed by atoms with Gasteiger partial charge in [-0.05, 0) is 25.9 Å². The highest BCUT2D eigenvalue weighted by molar-refractivity contribution is 5.92. The second kappa shape index (κ2) is 6.66. The molecule has 1 aromatic rings. The van der Waals surface area contributed by atoms with E-state index in [4.69, 9.17) is 4.74 Å². The zero-order valence-electron chi connectivity index (χ0n) is 12.2. The summed E-state index contributed by atoms with van der Waals surface area (Å²) in [6, 6.07) is 0.569. The van der Waals surface area contributed by atoms with Crippen molar-refractivity contribution in [3.8, 4) is 0 Å². The molecule has 5 nitrogen and oxygen atoms in total. The lowest BCUT2D eigenvalue weighted by molar-refractivity contribution is 0.0890. The molecule has 22 heavy (non-hydrogen) atoms. The minimum Gasteiger partial charge on any atom is -0.378 e. The third kappa shape index (κ3) is 3.25. The predicted octanol–water partition coefficient (Wildman–Crippen LogP) is 1.34. The van der Waals surface area contributed by atoms with Crippen molar-refractivity contribution in [1.82, 2.24) is 15.2 Å². The van der Waals surface area contributed by atoms with Gasteiger partial charge in [0.25, 0.3) is 5.91 Å². The standard InChI is InChI=1S/C15H19F2N3O2/c16-10-6-11(17)14(18-7-10)15(21)19-12-8-22-9-13(12)20-4-2-1-3-5-20/h6-7,12-13H,1-5,8-9H2,(H,19,21)/t12-,13-/m0/s1. The SMILES string of the molecule is O=C(N[C@H]1COC[C@@H]1N1CCCCC1)c1ncc(F)cc1F. The molecule has 0 radical (unpaired) electrons. The molecule has 0 aliphatic carbocycles. The maximum atomic E-state index is 13.6. The van der Waals surface area contributed by atoms with Crippen molar-refractivity contribution < 1.29 is 18.3 Å². The molecule has 0 bridgehead atoms. The van der Waals surface area contributed by atoms with Crippen molar-refractivity contribution in [1.29, 1.82) is 0 Å². The van der Waals surface area contributed by atoms with Crippen LogP contribution in [0.4, 0.5) is 8.78 Å². The van der Waals surface area contributed by atoms with Crippen molar-refractivity contribution in [2.45, 2.75) is 31.3 Å². The fraction of sp³-hybridized carbons (Fsp3) is 0.600. The predicted molar refractivity (Wildman–Crippen MR) is 75.4 cm³/mol. The van der Waals surface area contributed by atoms with Gasteiger partial charge in [-0.1, -0.05) is 6.42 Å². The number of ether oxygens (including phenoxy) is 1. The van der Waals surface area contributed by atoms with E-state index < -0.39 is 17.5 Å². The van der Waals surface area contributed by atoms with Crippen molar-refractivity contribution in [2.75, 3.05) is 26.3 Å². The summed E-state index contributed by atoms with van der Waals surface area (Å²) in [5, 5.41) is 2.77. The molecular formula is C15H19F2N3O2. The number of nitrogens with one attached hydrogen (secondary N) is 1. The maximum Gasteiger partial charge on any atom is 0.273 e. The van der Waals surface area contributed by atoms with Crippen molar-refractivity contribution in [2.24, 2.45) is 0 Å². The molecule has 0 aromatic carbocycles. The lowest BCUT2D eigenvalue weighted by atomic mass is 10.0. The van der Waals surface area contributed by atoms with E-state index in [0.717, 1.165) is 32.1 Å². The number of carbonyl (C=O) groups excluding carboxylic acids is 1. The molecule has 0 spiro atoms. The van der Waals surface area contributed by atoms with Crippen LogP contribution in [0.1, 0.15) is 29.8 Å². The number of amides is 1. The van der Waals surface area contributed by atoms with Crippen molar-refractivity contribution in [3.05, 3.63) is 29.6 Å². The van der Waals surface area contributed by atoms with Gasteiger partial charge in [-0.2, -0.15) is 0 Å². The summed E-state index contributed by atoms with van der Waals surface area (Å²) < 4.78 is 32.0. The molecule has 0 saturated carbocycles. The quantitative estimate of drug-likeness (QED) is 0.915. The number of aromatic nitrogens is 1. The van der Waals surface area contributed by atoms with Gasteiger partial charge >= 0.3 is 0 Å². The molecule has 1 N–H and O–H groups in total. The average Bonchev–Trinajstić information content (AvgIpc) is 2.96. The molecule has 2 saturated heterocycles. The Labute approximate surface area is 127 Å². The molecule has 2 fully saturated rings. The van der Waals surface area contributed by atoms with E-state index in [-0.39, 0.29) is 17.8 Å². The first kappa shape index (κ1) is 15.3. The lowest BCUT2D eigenvalue weighted by Crippen LogP contribution is -2.52. The molecule has 1 amide bonds. The van der Waals surface area contributed by atoms with Gasteiger partial charge in [-0.25, -0.2) is 13.8 Å². The number of hydrogen-bond donors (Lipinski definition) is 1. The Balaban J connectivity index is 1.67. The topological polar surface area (TPSA) is 54.5 Å². The van der Waals surface area contributed by atoms with E-state index in [0.29, 0.717) is 19.3 Å². The van der Waals surface area contributed by atoms with E-state index >= 15 is 0 Å². The highest BCUT2D eigenvalue weighted by Gasteiger charge is 2.35. The van der Waals surface area contributed by atoms with Crippen LogP contribution >= 0.6 is 0 Å². The first-order valence-corrected chi connectivity index (χ1v) is 7.59. The van der Waals surface area contributed by atoms with Crippen LogP contribution in [0.2, 0.25) is 0 Å². The molecule has 2 aliphatic rings. The molecule has 3 rings (SSSR count). The van der Waals surface area contributed by atoms with Gasteiger partial charge in [0.2, 0.25) is 0 Å². The summed E-state index contributed by atoms with van der Waals surface area (Å²) in [6.45, 7) is 2.94. The van der Waals surface area contributed by atoms with Gasteiger partial charge in [0.1, 0.15) is 5.82 Å². The maximum absolute atomic E-state index is 13.6. The van der Waals surface area contributed by atoms with Crippen LogP contribution in [0.5, 0.6) is 0 Å². The zero-order valence-corrected chi connectivity index (χ0v) is 12.2. The van der Waals surface area contributed by atoms with E-state index in [2.05, 4.69) is 15.2 Å². The van der Waals surface area contributed by atoms with Crippen LogP contribution in [-0.4, -0.2) is 54.2 Å². The second-order valence-corrected chi connectivity index (χ2v) is 5.77. The summed E-state index contributed by atoms with van der Waals surface area (Å²) in [7, 11) is 0. The molecular weight excluding hydrogens is 292 g/mol. The second-order valence-electron chi connectivity index (χ2n) is 5.77. The van der Waals surface area contributed by atoms with Crippen LogP contribution in [0.3, 0.4) is 0 Å². The highest BCUT2D eigenvalue weighted by Crippen LogP contribution is 2.19. The minimum atomic E-state index is -0.953. The Bertz CT molecular complexity index is 550. The third-order valence-electron chi connectivity index (χ3n) is 4.25. The molecule has 120 valence electrons. The molecule has 7 heteroatoms. The van der Waals surface area contributed by atoms with Crippen LogP contribution in [-0.2, 0) is 4.74 Å².